The van der Waals surface area contributed by atoms with Crippen molar-refractivity contribution in [3.05, 3.63) is 35.1 Å². The van der Waals surface area contributed by atoms with Crippen LogP contribution in [0.5, 0.6) is 0 Å². The molecule has 0 spiro atoms. The van der Waals surface area contributed by atoms with Crippen LogP contribution < -0.4 is 0 Å². The molecule has 102 valence electrons. The predicted octanol–water partition coefficient (Wildman–Crippen LogP) is 1.79. The lowest BCUT2D eigenvalue weighted by Gasteiger charge is -2.21. The Balaban J connectivity index is 2.35. The van der Waals surface area contributed by atoms with Gasteiger partial charge in [-0.05, 0) is 25.0 Å². The Bertz CT molecular complexity index is 547. The topological polar surface area (TPSA) is 57.6 Å². The van der Waals surface area contributed by atoms with Gasteiger partial charge < -0.3 is 10.0 Å². The molecule has 1 aliphatic heterocycles. The van der Waals surface area contributed by atoms with Crippen LogP contribution in [0.4, 0.5) is 13.2 Å². The van der Waals surface area contributed by atoms with Gasteiger partial charge in [0.05, 0.1) is 5.56 Å². The first-order valence-corrected chi connectivity index (χ1v) is 5.60. The Hall–Kier alpha value is -2.05. The van der Waals surface area contributed by atoms with Gasteiger partial charge in [-0.2, -0.15) is 0 Å². The van der Waals surface area contributed by atoms with E-state index < -0.39 is 40.9 Å². The minimum atomic E-state index is -1.74. The van der Waals surface area contributed by atoms with Gasteiger partial charge in [0.15, 0.2) is 17.5 Å². The number of aliphatic carboxylic acids is 1. The van der Waals surface area contributed by atoms with Crippen LogP contribution in [-0.4, -0.2) is 34.5 Å². The van der Waals surface area contributed by atoms with E-state index >= 15 is 0 Å². The van der Waals surface area contributed by atoms with Crippen molar-refractivity contribution in [3.8, 4) is 0 Å². The van der Waals surface area contributed by atoms with Gasteiger partial charge in [-0.3, -0.25) is 4.79 Å². The number of rotatable bonds is 2. The molecule has 0 saturated carbocycles. The molecule has 0 bridgehead atoms. The molecule has 2 rings (SSSR count). The van der Waals surface area contributed by atoms with E-state index in [0.717, 1.165) is 11.0 Å². The van der Waals surface area contributed by atoms with E-state index in [1.54, 1.807) is 0 Å². The molecule has 19 heavy (non-hydrogen) atoms. The molecule has 1 N–H and O–H groups in total. The SMILES string of the molecule is O=C(O)C1CCCN1C(=O)c1ccc(F)c(F)c1F. The first-order chi connectivity index (χ1) is 8.93. The van der Waals surface area contributed by atoms with Crippen molar-refractivity contribution in [2.24, 2.45) is 0 Å². The fourth-order valence-electron chi connectivity index (χ4n) is 2.11. The number of hydrogen-bond acceptors (Lipinski definition) is 2. The zero-order chi connectivity index (χ0) is 14.2. The van der Waals surface area contributed by atoms with Gasteiger partial charge in [0.2, 0.25) is 0 Å². The molecule has 4 nitrogen and oxygen atoms in total. The Morgan fingerprint density at radius 2 is 1.89 bits per heavy atom. The van der Waals surface area contributed by atoms with Gasteiger partial charge >= 0.3 is 5.97 Å². The zero-order valence-corrected chi connectivity index (χ0v) is 9.70. The van der Waals surface area contributed by atoms with Gasteiger partial charge in [0.1, 0.15) is 6.04 Å². The maximum Gasteiger partial charge on any atom is 0.326 e. The molecule has 1 aliphatic rings. The van der Waals surface area contributed by atoms with Crippen LogP contribution in [0.3, 0.4) is 0 Å². The monoisotopic (exact) mass is 273 g/mol. The van der Waals surface area contributed by atoms with Gasteiger partial charge in [0, 0.05) is 6.54 Å². The highest BCUT2D eigenvalue weighted by molar-refractivity contribution is 5.97. The summed E-state index contributed by atoms with van der Waals surface area (Å²) in [4.78, 5) is 23.9. The Kier molecular flexibility index (Phi) is 3.46. The largest absolute Gasteiger partial charge is 0.480 e. The number of hydrogen-bond donors (Lipinski definition) is 1. The van der Waals surface area contributed by atoms with E-state index in [1.165, 1.54) is 0 Å². The maximum atomic E-state index is 13.5. The third-order valence-corrected chi connectivity index (χ3v) is 3.06. The second kappa shape index (κ2) is 4.91. The van der Waals surface area contributed by atoms with Crippen molar-refractivity contribution in [1.82, 2.24) is 4.90 Å². The summed E-state index contributed by atoms with van der Waals surface area (Å²) < 4.78 is 39.3. The van der Waals surface area contributed by atoms with Crippen molar-refractivity contribution in [2.75, 3.05) is 6.54 Å². The van der Waals surface area contributed by atoms with E-state index in [2.05, 4.69) is 0 Å². The molecule has 1 fully saturated rings. The molecular weight excluding hydrogens is 263 g/mol. The molecule has 1 aromatic rings. The summed E-state index contributed by atoms with van der Waals surface area (Å²) >= 11 is 0. The number of benzene rings is 1. The van der Waals surface area contributed by atoms with E-state index in [4.69, 9.17) is 5.11 Å². The van der Waals surface area contributed by atoms with Crippen LogP contribution >= 0.6 is 0 Å². The number of carbonyl (C=O) groups excluding carboxylic acids is 1. The standard InChI is InChI=1S/C12H10F3NO3/c13-7-4-3-6(9(14)10(7)15)11(17)16-5-1-2-8(16)12(18)19/h3-4,8H,1-2,5H2,(H,18,19). The van der Waals surface area contributed by atoms with Crippen molar-refractivity contribution in [3.63, 3.8) is 0 Å². The molecule has 1 unspecified atom stereocenters. The van der Waals surface area contributed by atoms with Crippen LogP contribution in [-0.2, 0) is 4.79 Å². The summed E-state index contributed by atoms with van der Waals surface area (Å²) in [7, 11) is 0. The highest BCUT2D eigenvalue weighted by Crippen LogP contribution is 2.23. The van der Waals surface area contributed by atoms with Crippen LogP contribution in [0.25, 0.3) is 0 Å². The summed E-state index contributed by atoms with van der Waals surface area (Å²) in [5.41, 5.74) is -0.660. The molecule has 7 heteroatoms. The van der Waals surface area contributed by atoms with Crippen molar-refractivity contribution in [1.29, 1.82) is 0 Å². The molecule has 1 atom stereocenters. The van der Waals surface area contributed by atoms with Gasteiger partial charge in [-0.1, -0.05) is 0 Å². The van der Waals surface area contributed by atoms with Crippen LogP contribution in [0, 0.1) is 17.5 Å². The Labute approximate surface area is 106 Å². The lowest BCUT2D eigenvalue weighted by Crippen LogP contribution is -2.40. The van der Waals surface area contributed by atoms with Gasteiger partial charge in [-0.25, -0.2) is 18.0 Å². The number of amides is 1. The summed E-state index contributed by atoms with van der Waals surface area (Å²) in [6.07, 6.45) is 0.723. The van der Waals surface area contributed by atoms with Crippen LogP contribution in [0.2, 0.25) is 0 Å². The smallest absolute Gasteiger partial charge is 0.326 e. The highest BCUT2D eigenvalue weighted by atomic mass is 19.2. The van der Waals surface area contributed by atoms with E-state index in [1.807, 2.05) is 0 Å². The first kappa shape index (κ1) is 13.4. The van der Waals surface area contributed by atoms with E-state index in [-0.39, 0.29) is 13.0 Å². The molecule has 1 aromatic carbocycles. The van der Waals surface area contributed by atoms with Crippen LogP contribution in [0.15, 0.2) is 12.1 Å². The third-order valence-electron chi connectivity index (χ3n) is 3.06. The molecule has 1 saturated heterocycles. The van der Waals surface area contributed by atoms with Crippen molar-refractivity contribution < 1.29 is 27.9 Å². The minimum Gasteiger partial charge on any atom is -0.480 e. The summed E-state index contributed by atoms with van der Waals surface area (Å²) in [5.74, 6) is -6.88. The second-order valence-corrected chi connectivity index (χ2v) is 4.22. The Morgan fingerprint density at radius 3 is 2.53 bits per heavy atom. The summed E-state index contributed by atoms with van der Waals surface area (Å²) in [5, 5.41) is 8.93. The summed E-state index contributed by atoms with van der Waals surface area (Å²) in [6, 6.07) is 0.394. The lowest BCUT2D eigenvalue weighted by molar-refractivity contribution is -0.141. The Morgan fingerprint density at radius 1 is 1.21 bits per heavy atom. The number of nitrogens with zero attached hydrogens (tertiary/aromatic N) is 1. The minimum absolute atomic E-state index is 0.147. The van der Waals surface area contributed by atoms with Crippen molar-refractivity contribution in [2.45, 2.75) is 18.9 Å². The quantitative estimate of drug-likeness (QED) is 0.836. The van der Waals surface area contributed by atoms with E-state index in [0.29, 0.717) is 12.5 Å². The molecule has 1 amide bonds. The normalized spacial score (nSPS) is 18.7. The first-order valence-electron chi connectivity index (χ1n) is 5.60. The zero-order valence-electron chi connectivity index (χ0n) is 9.70. The number of likely N-dealkylation sites (tertiary alicyclic amines) is 1. The number of carboxylic acid groups (broad SMARTS) is 1. The second-order valence-electron chi connectivity index (χ2n) is 4.22. The lowest BCUT2D eigenvalue weighted by atomic mass is 10.1. The number of halogens is 3. The average molecular weight is 273 g/mol. The van der Waals surface area contributed by atoms with Crippen molar-refractivity contribution >= 4 is 11.9 Å². The number of carbonyl (C=O) groups is 2. The van der Waals surface area contributed by atoms with Gasteiger partial charge in [-0.15, -0.1) is 0 Å². The molecule has 0 aromatic heterocycles. The molecular formula is C12H10F3NO3. The van der Waals surface area contributed by atoms with Gasteiger partial charge in [0.25, 0.3) is 5.91 Å². The predicted molar refractivity (Wildman–Crippen MR) is 58.0 cm³/mol. The fourth-order valence-corrected chi connectivity index (χ4v) is 2.11. The molecule has 0 radical (unpaired) electrons. The fraction of sp³-hybridized carbons (Fsp3) is 0.333. The van der Waals surface area contributed by atoms with E-state index in [9.17, 15) is 22.8 Å². The average Bonchev–Trinajstić information content (AvgIpc) is 2.84. The molecule has 1 heterocycles. The highest BCUT2D eigenvalue weighted by Gasteiger charge is 2.35. The molecule has 0 aliphatic carbocycles. The third kappa shape index (κ3) is 2.27. The summed E-state index contributed by atoms with van der Waals surface area (Å²) in [6.45, 7) is 0.147. The van der Waals surface area contributed by atoms with Crippen LogP contribution in [0.1, 0.15) is 23.2 Å². The number of carboxylic acids is 1. The maximum absolute atomic E-state index is 13.5.